The van der Waals surface area contributed by atoms with E-state index in [0.717, 1.165) is 17.7 Å². The van der Waals surface area contributed by atoms with Gasteiger partial charge in [0, 0.05) is 18.4 Å². The van der Waals surface area contributed by atoms with Crippen molar-refractivity contribution in [1.82, 2.24) is 15.5 Å². The Balaban J connectivity index is 1.72. The van der Waals surface area contributed by atoms with Crippen LogP contribution in [0.15, 0.2) is 36.5 Å². The van der Waals surface area contributed by atoms with Crippen LogP contribution in [-0.4, -0.2) is 34.6 Å². The van der Waals surface area contributed by atoms with E-state index in [-0.39, 0.29) is 11.8 Å². The van der Waals surface area contributed by atoms with Gasteiger partial charge in [0.25, 0.3) is 5.91 Å². The van der Waals surface area contributed by atoms with E-state index in [2.05, 4.69) is 15.5 Å². The number of rotatable bonds is 3. The molecule has 2 N–H and O–H groups in total. The number of aromatic amines is 1. The Bertz CT molecular complexity index is 664. The zero-order valence-electron chi connectivity index (χ0n) is 12.4. The summed E-state index contributed by atoms with van der Waals surface area (Å²) in [5.41, 5.74) is 2.38. The summed E-state index contributed by atoms with van der Waals surface area (Å²) in [7, 11) is 0. The van der Waals surface area contributed by atoms with Crippen LogP contribution in [0.2, 0.25) is 0 Å². The van der Waals surface area contributed by atoms with Gasteiger partial charge in [-0.1, -0.05) is 17.7 Å². The van der Waals surface area contributed by atoms with Crippen molar-refractivity contribution < 1.29 is 9.59 Å². The molecule has 0 bridgehead atoms. The van der Waals surface area contributed by atoms with Crippen LogP contribution in [0, 0.1) is 6.92 Å². The molecule has 1 unspecified atom stereocenters. The second-order valence-corrected chi connectivity index (χ2v) is 5.46. The molecule has 6 nitrogen and oxygen atoms in total. The van der Waals surface area contributed by atoms with Gasteiger partial charge >= 0.3 is 0 Å². The fourth-order valence-corrected chi connectivity index (χ4v) is 2.61. The smallest absolute Gasteiger partial charge is 0.269 e. The van der Waals surface area contributed by atoms with Gasteiger partial charge in [-0.05, 0) is 38.0 Å². The lowest BCUT2D eigenvalue weighted by atomic mass is 10.0. The summed E-state index contributed by atoms with van der Waals surface area (Å²) in [6.07, 6.45) is 3.02. The molecule has 2 aromatic rings. The van der Waals surface area contributed by atoms with Gasteiger partial charge in [-0.3, -0.25) is 14.7 Å². The number of piperidine rings is 1. The predicted molar refractivity (Wildman–Crippen MR) is 82.6 cm³/mol. The third-order valence-corrected chi connectivity index (χ3v) is 3.83. The summed E-state index contributed by atoms with van der Waals surface area (Å²) in [6, 6.07) is 8.93. The number of amides is 2. The molecule has 22 heavy (non-hydrogen) atoms. The molecule has 1 aliphatic rings. The Kier molecular flexibility index (Phi) is 3.91. The van der Waals surface area contributed by atoms with Crippen LogP contribution in [0.25, 0.3) is 0 Å². The number of anilines is 1. The number of aryl methyl sites for hydroxylation is 1. The summed E-state index contributed by atoms with van der Waals surface area (Å²) in [5.74, 6) is -0.371. The maximum Gasteiger partial charge on any atom is 0.269 e. The molecule has 0 radical (unpaired) electrons. The van der Waals surface area contributed by atoms with Crippen LogP contribution in [0.5, 0.6) is 0 Å². The molecule has 1 atom stereocenters. The van der Waals surface area contributed by atoms with E-state index in [1.807, 2.05) is 31.2 Å². The fourth-order valence-electron chi connectivity index (χ4n) is 2.61. The van der Waals surface area contributed by atoms with Crippen molar-refractivity contribution in [2.45, 2.75) is 25.8 Å². The fraction of sp³-hybridized carbons (Fsp3) is 0.312. The minimum Gasteiger partial charge on any atom is -0.339 e. The second kappa shape index (κ2) is 6.01. The SMILES string of the molecule is Cc1ccc(N2CCCC(NC(=O)c3ccn[nH]3)C2=O)cc1. The van der Waals surface area contributed by atoms with Crippen LogP contribution in [0.1, 0.15) is 28.9 Å². The monoisotopic (exact) mass is 298 g/mol. The summed E-state index contributed by atoms with van der Waals surface area (Å²) in [5, 5.41) is 9.13. The Morgan fingerprint density at radius 2 is 2.09 bits per heavy atom. The minimum atomic E-state index is -0.495. The van der Waals surface area contributed by atoms with E-state index >= 15 is 0 Å². The van der Waals surface area contributed by atoms with Gasteiger partial charge < -0.3 is 10.2 Å². The Morgan fingerprint density at radius 1 is 1.32 bits per heavy atom. The van der Waals surface area contributed by atoms with Crippen molar-refractivity contribution in [3.63, 3.8) is 0 Å². The molecule has 2 heterocycles. The van der Waals surface area contributed by atoms with E-state index in [0.29, 0.717) is 18.7 Å². The van der Waals surface area contributed by atoms with Crippen molar-refractivity contribution in [2.24, 2.45) is 0 Å². The van der Waals surface area contributed by atoms with Crippen LogP contribution in [-0.2, 0) is 4.79 Å². The lowest BCUT2D eigenvalue weighted by Gasteiger charge is -2.32. The number of carbonyl (C=O) groups excluding carboxylic acids is 2. The van der Waals surface area contributed by atoms with Gasteiger partial charge in [0.05, 0.1) is 0 Å². The summed E-state index contributed by atoms with van der Waals surface area (Å²) in [6.45, 7) is 2.69. The highest BCUT2D eigenvalue weighted by molar-refractivity contribution is 6.02. The van der Waals surface area contributed by atoms with E-state index < -0.39 is 6.04 Å². The van der Waals surface area contributed by atoms with Crippen molar-refractivity contribution in [2.75, 3.05) is 11.4 Å². The molecule has 0 saturated carbocycles. The number of nitrogens with zero attached hydrogens (tertiary/aromatic N) is 2. The highest BCUT2D eigenvalue weighted by Gasteiger charge is 2.31. The van der Waals surface area contributed by atoms with Crippen LogP contribution < -0.4 is 10.2 Å². The Morgan fingerprint density at radius 3 is 2.77 bits per heavy atom. The normalized spacial score (nSPS) is 18.3. The summed E-state index contributed by atoms with van der Waals surface area (Å²) in [4.78, 5) is 26.4. The molecular formula is C16H18N4O2. The number of H-pyrrole nitrogens is 1. The first-order chi connectivity index (χ1) is 10.6. The van der Waals surface area contributed by atoms with Crippen molar-refractivity contribution in [3.05, 3.63) is 47.8 Å². The number of benzene rings is 1. The van der Waals surface area contributed by atoms with Crippen LogP contribution >= 0.6 is 0 Å². The molecule has 1 fully saturated rings. The number of nitrogens with one attached hydrogen (secondary N) is 2. The zero-order chi connectivity index (χ0) is 15.5. The lowest BCUT2D eigenvalue weighted by Crippen LogP contribution is -2.52. The van der Waals surface area contributed by atoms with Gasteiger partial charge in [0.15, 0.2) is 0 Å². The Labute approximate surface area is 128 Å². The number of carbonyl (C=O) groups is 2. The average Bonchev–Trinajstić information content (AvgIpc) is 3.05. The zero-order valence-corrected chi connectivity index (χ0v) is 12.4. The van der Waals surface area contributed by atoms with Crippen molar-refractivity contribution in [1.29, 1.82) is 0 Å². The number of hydrogen-bond donors (Lipinski definition) is 2. The quantitative estimate of drug-likeness (QED) is 0.904. The van der Waals surface area contributed by atoms with E-state index in [1.54, 1.807) is 11.0 Å². The predicted octanol–water partition coefficient (Wildman–Crippen LogP) is 1.64. The van der Waals surface area contributed by atoms with E-state index in [4.69, 9.17) is 0 Å². The Hall–Kier alpha value is -2.63. The molecule has 1 aromatic heterocycles. The van der Waals surface area contributed by atoms with Gasteiger partial charge in [0.1, 0.15) is 11.7 Å². The standard InChI is InChI=1S/C16H18N4O2/c1-11-4-6-12(7-5-11)20-10-2-3-14(16(20)22)18-15(21)13-8-9-17-19-13/h4-9,14H,2-3,10H2,1H3,(H,17,19)(H,18,21). The van der Waals surface area contributed by atoms with Gasteiger partial charge in [-0.25, -0.2) is 0 Å². The lowest BCUT2D eigenvalue weighted by molar-refractivity contribution is -0.121. The van der Waals surface area contributed by atoms with E-state index in [1.165, 1.54) is 6.20 Å². The second-order valence-electron chi connectivity index (χ2n) is 5.46. The van der Waals surface area contributed by atoms with Crippen LogP contribution in [0.3, 0.4) is 0 Å². The first-order valence-corrected chi connectivity index (χ1v) is 7.33. The highest BCUT2D eigenvalue weighted by Crippen LogP contribution is 2.21. The molecule has 1 saturated heterocycles. The molecule has 1 aromatic carbocycles. The van der Waals surface area contributed by atoms with Crippen molar-refractivity contribution >= 4 is 17.5 Å². The molecule has 2 amide bonds. The van der Waals surface area contributed by atoms with E-state index in [9.17, 15) is 9.59 Å². The first-order valence-electron chi connectivity index (χ1n) is 7.33. The van der Waals surface area contributed by atoms with Gasteiger partial charge in [-0.15, -0.1) is 0 Å². The summed E-state index contributed by atoms with van der Waals surface area (Å²) < 4.78 is 0. The minimum absolute atomic E-state index is 0.0667. The maximum atomic E-state index is 12.6. The first kappa shape index (κ1) is 14.3. The molecule has 114 valence electrons. The van der Waals surface area contributed by atoms with Gasteiger partial charge in [-0.2, -0.15) is 5.10 Å². The van der Waals surface area contributed by atoms with Crippen LogP contribution in [0.4, 0.5) is 5.69 Å². The third kappa shape index (κ3) is 2.86. The molecule has 3 rings (SSSR count). The average molecular weight is 298 g/mol. The number of hydrogen-bond acceptors (Lipinski definition) is 3. The molecule has 6 heteroatoms. The maximum absolute atomic E-state index is 12.6. The largest absolute Gasteiger partial charge is 0.339 e. The third-order valence-electron chi connectivity index (χ3n) is 3.83. The molecular weight excluding hydrogens is 280 g/mol. The molecule has 0 aliphatic carbocycles. The van der Waals surface area contributed by atoms with Crippen molar-refractivity contribution in [3.8, 4) is 0 Å². The number of aromatic nitrogens is 2. The highest BCUT2D eigenvalue weighted by atomic mass is 16.2. The molecule has 1 aliphatic heterocycles. The topological polar surface area (TPSA) is 78.1 Å². The molecule has 0 spiro atoms. The summed E-state index contributed by atoms with van der Waals surface area (Å²) >= 11 is 0. The van der Waals surface area contributed by atoms with Gasteiger partial charge in [0.2, 0.25) is 5.91 Å².